The van der Waals surface area contributed by atoms with Gasteiger partial charge >= 0.3 is 0 Å². The summed E-state index contributed by atoms with van der Waals surface area (Å²) in [4.78, 5) is 7.36. The van der Waals surface area contributed by atoms with Gasteiger partial charge in [-0.05, 0) is 31.0 Å². The maximum absolute atomic E-state index is 5.45. The first kappa shape index (κ1) is 14.0. The van der Waals surface area contributed by atoms with Gasteiger partial charge in [-0.3, -0.25) is 4.99 Å². The molecule has 116 valence electrons. The highest BCUT2D eigenvalue weighted by Gasteiger charge is 2.42. The third-order valence-corrected chi connectivity index (χ3v) is 5.58. The topological polar surface area (TPSA) is 34.1 Å². The summed E-state index contributed by atoms with van der Waals surface area (Å²) in [5.74, 6) is 1.54. The number of benzene rings is 1. The minimum atomic E-state index is 0.486. The van der Waals surface area contributed by atoms with Crippen molar-refractivity contribution in [2.45, 2.75) is 37.8 Å². The number of fused-ring (bicyclic) bond motifs is 3. The van der Waals surface area contributed by atoms with E-state index in [2.05, 4.69) is 22.4 Å². The largest absolute Gasteiger partial charge is 0.493 e. The Balaban J connectivity index is 1.67. The van der Waals surface area contributed by atoms with Gasteiger partial charge in [-0.25, -0.2) is 0 Å². The van der Waals surface area contributed by atoms with Gasteiger partial charge in [0.2, 0.25) is 0 Å². The van der Waals surface area contributed by atoms with E-state index in [4.69, 9.17) is 14.5 Å². The SMILES string of the molecule is COc1ccc(C2=CSC3=N[C@@H]4CCCC[C@@H]4N23)cc1OC. The van der Waals surface area contributed by atoms with Crippen molar-refractivity contribution in [3.05, 3.63) is 29.2 Å². The van der Waals surface area contributed by atoms with Crippen LogP contribution in [-0.2, 0) is 0 Å². The van der Waals surface area contributed by atoms with Crippen LogP contribution >= 0.6 is 11.8 Å². The molecule has 0 bridgehead atoms. The second-order valence-corrected chi connectivity index (χ2v) is 6.73. The zero-order chi connectivity index (χ0) is 15.1. The van der Waals surface area contributed by atoms with Crippen molar-refractivity contribution in [3.8, 4) is 11.5 Å². The van der Waals surface area contributed by atoms with E-state index in [-0.39, 0.29) is 0 Å². The molecular formula is C17H20N2O2S. The summed E-state index contributed by atoms with van der Waals surface area (Å²) in [5, 5.41) is 3.38. The van der Waals surface area contributed by atoms with Gasteiger partial charge in [0.25, 0.3) is 0 Å². The average Bonchev–Trinajstić information content (AvgIpc) is 3.13. The lowest BCUT2D eigenvalue weighted by Gasteiger charge is -2.32. The van der Waals surface area contributed by atoms with Crippen LogP contribution in [0.3, 0.4) is 0 Å². The molecule has 0 amide bonds. The van der Waals surface area contributed by atoms with E-state index in [9.17, 15) is 0 Å². The standard InChI is InChI=1S/C17H20N2O2S/c1-20-15-8-7-11(9-16(15)21-2)14-10-22-17-18-12-5-3-4-6-13(12)19(14)17/h7-10,12-13H,3-6H2,1-2H3/t12-,13+/m1/s1. The fourth-order valence-corrected chi connectivity index (χ4v) is 4.64. The van der Waals surface area contributed by atoms with Crippen molar-refractivity contribution in [3.63, 3.8) is 0 Å². The first-order valence-corrected chi connectivity index (χ1v) is 8.66. The van der Waals surface area contributed by atoms with Crippen LogP contribution in [0.2, 0.25) is 0 Å². The zero-order valence-electron chi connectivity index (χ0n) is 12.9. The minimum Gasteiger partial charge on any atom is -0.493 e. The smallest absolute Gasteiger partial charge is 0.168 e. The Bertz CT molecular complexity index is 656. The second-order valence-electron chi connectivity index (χ2n) is 5.89. The van der Waals surface area contributed by atoms with Gasteiger partial charge in [0.1, 0.15) is 0 Å². The van der Waals surface area contributed by atoms with Gasteiger partial charge in [0, 0.05) is 11.0 Å². The van der Waals surface area contributed by atoms with Crippen LogP contribution in [0, 0.1) is 0 Å². The molecule has 0 N–H and O–H groups in total. The number of methoxy groups -OCH3 is 2. The highest BCUT2D eigenvalue weighted by atomic mass is 32.2. The Kier molecular flexibility index (Phi) is 3.53. The van der Waals surface area contributed by atoms with Crippen LogP contribution in [-0.4, -0.2) is 36.4 Å². The van der Waals surface area contributed by atoms with Crippen LogP contribution in [0.5, 0.6) is 11.5 Å². The number of amidine groups is 1. The van der Waals surface area contributed by atoms with E-state index >= 15 is 0 Å². The lowest BCUT2D eigenvalue weighted by molar-refractivity contribution is 0.305. The second kappa shape index (κ2) is 5.54. The van der Waals surface area contributed by atoms with E-state index in [1.165, 1.54) is 42.1 Å². The molecule has 3 aliphatic rings. The maximum atomic E-state index is 5.45. The van der Waals surface area contributed by atoms with Crippen molar-refractivity contribution in [2.75, 3.05) is 14.2 Å². The zero-order valence-corrected chi connectivity index (χ0v) is 13.7. The summed E-state index contributed by atoms with van der Waals surface area (Å²) >= 11 is 1.75. The molecule has 0 unspecified atom stereocenters. The van der Waals surface area contributed by atoms with E-state index in [0.717, 1.165) is 11.5 Å². The molecule has 4 rings (SSSR count). The lowest BCUT2D eigenvalue weighted by atomic mass is 9.90. The quantitative estimate of drug-likeness (QED) is 0.851. The Labute approximate surface area is 135 Å². The molecule has 5 heteroatoms. The molecule has 1 aromatic carbocycles. The summed E-state index contributed by atoms with van der Waals surface area (Å²) in [5.41, 5.74) is 2.42. The molecule has 2 atom stereocenters. The molecule has 2 heterocycles. The van der Waals surface area contributed by atoms with Crippen molar-refractivity contribution in [2.24, 2.45) is 4.99 Å². The highest BCUT2D eigenvalue weighted by Crippen LogP contribution is 2.45. The average molecular weight is 316 g/mol. The first-order chi connectivity index (χ1) is 10.8. The number of nitrogens with zero attached hydrogens (tertiary/aromatic N) is 2. The molecule has 1 fully saturated rings. The Morgan fingerprint density at radius 1 is 1.14 bits per heavy atom. The Morgan fingerprint density at radius 3 is 2.77 bits per heavy atom. The molecule has 0 spiro atoms. The molecule has 0 saturated heterocycles. The summed E-state index contributed by atoms with van der Waals surface area (Å²) in [6, 6.07) is 7.17. The molecular weight excluding hydrogens is 296 g/mol. The Morgan fingerprint density at radius 2 is 1.95 bits per heavy atom. The number of hydrogen-bond acceptors (Lipinski definition) is 5. The normalized spacial score (nSPS) is 26.2. The van der Waals surface area contributed by atoms with Crippen molar-refractivity contribution in [1.29, 1.82) is 0 Å². The number of hydrogen-bond donors (Lipinski definition) is 0. The van der Waals surface area contributed by atoms with Crippen LogP contribution in [0.25, 0.3) is 5.70 Å². The number of ether oxygens (including phenoxy) is 2. The maximum Gasteiger partial charge on any atom is 0.168 e. The molecule has 2 aliphatic heterocycles. The van der Waals surface area contributed by atoms with Crippen LogP contribution in [0.1, 0.15) is 31.2 Å². The molecule has 4 nitrogen and oxygen atoms in total. The van der Waals surface area contributed by atoms with Crippen LogP contribution in [0.15, 0.2) is 28.6 Å². The summed E-state index contributed by atoms with van der Waals surface area (Å²) in [7, 11) is 3.35. The van der Waals surface area contributed by atoms with E-state index in [1.54, 1.807) is 26.0 Å². The van der Waals surface area contributed by atoms with Gasteiger partial charge in [-0.1, -0.05) is 24.6 Å². The molecule has 1 aliphatic carbocycles. The summed E-state index contributed by atoms with van der Waals surface area (Å²) in [6.07, 6.45) is 5.09. The molecule has 0 aromatic heterocycles. The molecule has 1 aromatic rings. The highest BCUT2D eigenvalue weighted by molar-refractivity contribution is 8.16. The fourth-order valence-electron chi connectivity index (χ4n) is 3.63. The predicted octanol–water partition coefficient (Wildman–Crippen LogP) is 3.73. The number of rotatable bonds is 3. The van der Waals surface area contributed by atoms with Crippen molar-refractivity contribution in [1.82, 2.24) is 4.90 Å². The third kappa shape index (κ3) is 2.10. The lowest BCUT2D eigenvalue weighted by Crippen LogP contribution is -2.38. The Hall–Kier alpha value is -1.62. The van der Waals surface area contributed by atoms with Crippen LogP contribution < -0.4 is 9.47 Å². The predicted molar refractivity (Wildman–Crippen MR) is 90.4 cm³/mol. The third-order valence-electron chi connectivity index (χ3n) is 4.72. The van der Waals surface area contributed by atoms with Gasteiger partial charge in [-0.15, -0.1) is 0 Å². The molecule has 1 saturated carbocycles. The molecule has 22 heavy (non-hydrogen) atoms. The van der Waals surface area contributed by atoms with Gasteiger partial charge in [0.05, 0.1) is 32.0 Å². The van der Waals surface area contributed by atoms with E-state index < -0.39 is 0 Å². The minimum absolute atomic E-state index is 0.486. The van der Waals surface area contributed by atoms with Gasteiger partial charge < -0.3 is 14.4 Å². The van der Waals surface area contributed by atoms with Crippen molar-refractivity contribution >= 4 is 22.6 Å². The van der Waals surface area contributed by atoms with Crippen molar-refractivity contribution < 1.29 is 9.47 Å². The number of thioether (sulfide) groups is 1. The van der Waals surface area contributed by atoms with Gasteiger partial charge in [0.15, 0.2) is 16.7 Å². The summed E-state index contributed by atoms with van der Waals surface area (Å²) < 4.78 is 10.8. The monoisotopic (exact) mass is 316 g/mol. The van der Waals surface area contributed by atoms with E-state index in [1.807, 2.05) is 6.07 Å². The first-order valence-electron chi connectivity index (χ1n) is 7.78. The van der Waals surface area contributed by atoms with E-state index in [0.29, 0.717) is 12.1 Å². The van der Waals surface area contributed by atoms with Crippen LogP contribution in [0.4, 0.5) is 0 Å². The fraction of sp³-hybridized carbons (Fsp3) is 0.471. The molecule has 0 radical (unpaired) electrons. The van der Waals surface area contributed by atoms with Gasteiger partial charge in [-0.2, -0.15) is 0 Å². The number of aliphatic imine (C=N–C) groups is 1. The summed E-state index contributed by atoms with van der Waals surface area (Å²) in [6.45, 7) is 0.